The van der Waals surface area contributed by atoms with Crippen molar-refractivity contribution < 1.29 is 9.13 Å². The monoisotopic (exact) mass is 280 g/mol. The predicted octanol–water partition coefficient (Wildman–Crippen LogP) is 3.47. The minimum atomic E-state index is -0.341. The molecule has 4 heteroatoms. The number of nitrogens with zero attached hydrogens (tertiary/aromatic N) is 1. The van der Waals surface area contributed by atoms with Gasteiger partial charge < -0.3 is 10.1 Å². The van der Waals surface area contributed by atoms with Gasteiger partial charge in [0.05, 0.1) is 17.8 Å². The average Bonchev–Trinajstić information content (AvgIpc) is 2.44. The maximum atomic E-state index is 14.1. The van der Waals surface area contributed by atoms with Crippen LogP contribution in [-0.4, -0.2) is 24.7 Å². The second kappa shape index (κ2) is 5.78. The molecule has 1 aromatic heterocycles. The number of hydrogen-bond donors (Lipinski definition) is 1. The first-order chi connectivity index (χ1) is 9.44. The lowest BCUT2D eigenvalue weighted by atomic mass is 9.67. The van der Waals surface area contributed by atoms with Crippen molar-refractivity contribution in [2.24, 2.45) is 5.41 Å². The molecule has 0 saturated heterocycles. The smallest absolute Gasteiger partial charge is 0.146 e. The highest BCUT2D eigenvalue weighted by Gasteiger charge is 2.45. The Morgan fingerprint density at radius 2 is 1.95 bits per heavy atom. The number of likely N-dealkylation sites (N-methyl/N-ethyl adjacent to an activating group) is 1. The first kappa shape index (κ1) is 15.4. The Labute approximate surface area is 120 Å². The fourth-order valence-corrected chi connectivity index (χ4v) is 3.28. The van der Waals surface area contributed by atoms with Crippen molar-refractivity contribution in [3.63, 3.8) is 0 Å². The standard InChI is InChI=1S/C16H25FN2O/c1-15(2)6-8-16(20-4,9-7-15)14(18-3)12-5-10-19-11-13(12)17/h5,10-11,14,18H,6-9H2,1-4H3. The summed E-state index contributed by atoms with van der Waals surface area (Å²) in [7, 11) is 3.60. The summed E-state index contributed by atoms with van der Waals surface area (Å²) in [6.07, 6.45) is 6.96. The Kier molecular flexibility index (Phi) is 4.45. The third-order valence-electron chi connectivity index (χ3n) is 4.79. The molecule has 1 fully saturated rings. The van der Waals surface area contributed by atoms with Gasteiger partial charge in [-0.25, -0.2) is 4.39 Å². The predicted molar refractivity (Wildman–Crippen MR) is 78.0 cm³/mol. The van der Waals surface area contributed by atoms with Gasteiger partial charge in [0.25, 0.3) is 0 Å². The molecule has 0 aromatic carbocycles. The minimum Gasteiger partial charge on any atom is -0.376 e. The highest BCUT2D eigenvalue weighted by Crippen LogP contribution is 2.47. The highest BCUT2D eigenvalue weighted by atomic mass is 19.1. The largest absolute Gasteiger partial charge is 0.376 e. The maximum absolute atomic E-state index is 14.1. The molecule has 1 N–H and O–H groups in total. The molecule has 0 bridgehead atoms. The van der Waals surface area contributed by atoms with E-state index in [0.717, 1.165) is 25.7 Å². The zero-order chi connectivity index (χ0) is 14.8. The van der Waals surface area contributed by atoms with Crippen molar-refractivity contribution in [3.05, 3.63) is 29.8 Å². The van der Waals surface area contributed by atoms with Crippen LogP contribution in [0.1, 0.15) is 51.1 Å². The molecule has 0 amide bonds. The number of halogens is 1. The topological polar surface area (TPSA) is 34.2 Å². The Morgan fingerprint density at radius 3 is 2.45 bits per heavy atom. The highest BCUT2D eigenvalue weighted by molar-refractivity contribution is 5.22. The summed E-state index contributed by atoms with van der Waals surface area (Å²) < 4.78 is 20.0. The quantitative estimate of drug-likeness (QED) is 0.917. The van der Waals surface area contributed by atoms with Gasteiger partial charge in [-0.05, 0) is 44.2 Å². The van der Waals surface area contributed by atoms with Gasteiger partial charge in [-0.1, -0.05) is 13.8 Å². The minimum absolute atomic E-state index is 0.147. The summed E-state index contributed by atoms with van der Waals surface area (Å²) in [5.41, 5.74) is 0.646. The molecular weight excluding hydrogens is 255 g/mol. The lowest BCUT2D eigenvalue weighted by Gasteiger charge is -2.47. The average molecular weight is 280 g/mol. The summed E-state index contributed by atoms with van der Waals surface area (Å²) in [6, 6.07) is 1.60. The van der Waals surface area contributed by atoms with E-state index < -0.39 is 0 Å². The van der Waals surface area contributed by atoms with Crippen molar-refractivity contribution in [2.75, 3.05) is 14.2 Å². The van der Waals surface area contributed by atoms with Crippen molar-refractivity contribution >= 4 is 0 Å². The van der Waals surface area contributed by atoms with Crippen molar-refractivity contribution in [1.29, 1.82) is 0 Å². The molecule has 1 aliphatic carbocycles. The number of rotatable bonds is 4. The van der Waals surface area contributed by atoms with Crippen molar-refractivity contribution in [3.8, 4) is 0 Å². The van der Waals surface area contributed by atoms with Crippen molar-refractivity contribution in [1.82, 2.24) is 10.3 Å². The van der Waals surface area contributed by atoms with Crippen LogP contribution in [0.5, 0.6) is 0 Å². The van der Waals surface area contributed by atoms with E-state index in [0.29, 0.717) is 11.0 Å². The normalized spacial score (nSPS) is 22.4. The number of methoxy groups -OCH3 is 1. The molecule has 1 aliphatic rings. The maximum Gasteiger partial charge on any atom is 0.146 e. The first-order valence-corrected chi connectivity index (χ1v) is 7.26. The lowest BCUT2D eigenvalue weighted by Crippen LogP contribution is -2.48. The van der Waals surface area contributed by atoms with Crippen LogP contribution in [0.4, 0.5) is 4.39 Å². The molecule has 1 heterocycles. The molecule has 0 aliphatic heterocycles. The SMILES string of the molecule is CNC(c1ccncc1F)C1(OC)CCC(C)(C)CC1. The Morgan fingerprint density at radius 1 is 1.30 bits per heavy atom. The van der Waals surface area contributed by atoms with Gasteiger partial charge in [0.15, 0.2) is 0 Å². The van der Waals surface area contributed by atoms with Gasteiger partial charge in [0.2, 0.25) is 0 Å². The fourth-order valence-electron chi connectivity index (χ4n) is 3.28. The molecule has 0 radical (unpaired) electrons. The fraction of sp³-hybridized carbons (Fsp3) is 0.688. The van der Waals surface area contributed by atoms with Gasteiger partial charge in [-0.2, -0.15) is 0 Å². The Hall–Kier alpha value is -1.00. The molecule has 1 aromatic rings. The molecule has 1 atom stereocenters. The number of ether oxygens (including phenoxy) is 1. The zero-order valence-electron chi connectivity index (χ0n) is 12.9. The summed E-state index contributed by atoms with van der Waals surface area (Å²) in [5, 5.41) is 3.26. The van der Waals surface area contributed by atoms with Crippen LogP contribution < -0.4 is 5.32 Å². The molecule has 2 rings (SSSR count). The van der Waals surface area contributed by atoms with E-state index in [1.807, 2.05) is 7.05 Å². The summed E-state index contributed by atoms with van der Waals surface area (Å²) in [6.45, 7) is 4.57. The van der Waals surface area contributed by atoms with E-state index in [-0.39, 0.29) is 17.5 Å². The molecule has 20 heavy (non-hydrogen) atoms. The van der Waals surface area contributed by atoms with E-state index in [1.165, 1.54) is 6.20 Å². The van der Waals surface area contributed by atoms with Crippen LogP contribution in [0.15, 0.2) is 18.5 Å². The van der Waals surface area contributed by atoms with Crippen molar-refractivity contribution in [2.45, 2.75) is 51.2 Å². The summed E-state index contributed by atoms with van der Waals surface area (Å²) >= 11 is 0. The van der Waals surface area contributed by atoms with Gasteiger partial charge in [0, 0.05) is 18.9 Å². The molecule has 1 unspecified atom stereocenters. The van der Waals surface area contributed by atoms with E-state index >= 15 is 0 Å². The van der Waals surface area contributed by atoms with Gasteiger partial charge in [-0.15, -0.1) is 0 Å². The molecule has 0 spiro atoms. The number of aromatic nitrogens is 1. The molecule has 112 valence electrons. The van der Waals surface area contributed by atoms with E-state index in [2.05, 4.69) is 24.1 Å². The van der Waals surface area contributed by atoms with E-state index in [1.54, 1.807) is 19.4 Å². The summed E-state index contributed by atoms with van der Waals surface area (Å²) in [4.78, 5) is 3.83. The second-order valence-corrected chi connectivity index (χ2v) is 6.55. The third-order valence-corrected chi connectivity index (χ3v) is 4.79. The number of hydrogen-bond acceptors (Lipinski definition) is 3. The Balaban J connectivity index is 2.32. The van der Waals surface area contributed by atoms with E-state index in [4.69, 9.17) is 4.74 Å². The second-order valence-electron chi connectivity index (χ2n) is 6.55. The third kappa shape index (κ3) is 2.86. The van der Waals surface area contributed by atoms with Gasteiger partial charge in [0.1, 0.15) is 5.82 Å². The van der Waals surface area contributed by atoms with Crippen LogP contribution in [0.25, 0.3) is 0 Å². The zero-order valence-corrected chi connectivity index (χ0v) is 12.9. The Bertz CT molecular complexity index is 452. The van der Waals surface area contributed by atoms with Crippen LogP contribution in [0, 0.1) is 11.2 Å². The van der Waals surface area contributed by atoms with Crippen LogP contribution in [0.3, 0.4) is 0 Å². The van der Waals surface area contributed by atoms with Gasteiger partial charge in [-0.3, -0.25) is 4.98 Å². The van der Waals surface area contributed by atoms with E-state index in [9.17, 15) is 4.39 Å². The van der Waals surface area contributed by atoms with Gasteiger partial charge >= 0.3 is 0 Å². The molecule has 3 nitrogen and oxygen atoms in total. The number of nitrogens with one attached hydrogen (secondary N) is 1. The van der Waals surface area contributed by atoms with Crippen LogP contribution in [0.2, 0.25) is 0 Å². The lowest BCUT2D eigenvalue weighted by molar-refractivity contribution is -0.0868. The molecular formula is C16H25FN2O. The summed E-state index contributed by atoms with van der Waals surface area (Å²) in [5.74, 6) is -0.270. The number of pyridine rings is 1. The van der Waals surface area contributed by atoms with Crippen LogP contribution >= 0.6 is 0 Å². The molecule has 1 saturated carbocycles. The first-order valence-electron chi connectivity index (χ1n) is 7.26. The van der Waals surface area contributed by atoms with Crippen LogP contribution in [-0.2, 0) is 4.74 Å².